The molecule has 1 saturated heterocycles. The first-order valence-corrected chi connectivity index (χ1v) is 4.03. The summed E-state index contributed by atoms with van der Waals surface area (Å²) in [5.41, 5.74) is -0.172. The lowest BCUT2D eigenvalue weighted by atomic mass is 10.2. The summed E-state index contributed by atoms with van der Waals surface area (Å²) >= 11 is 0. The van der Waals surface area contributed by atoms with Crippen LogP contribution < -0.4 is 5.32 Å². The van der Waals surface area contributed by atoms with E-state index in [9.17, 15) is 14.4 Å². The molecule has 1 N–H and O–H groups in total. The highest BCUT2D eigenvalue weighted by atomic mass is 16.5. The van der Waals surface area contributed by atoms with E-state index in [1.54, 1.807) is 6.92 Å². The van der Waals surface area contributed by atoms with Crippen LogP contribution >= 0.6 is 0 Å². The Hall–Kier alpha value is -1.85. The number of hydrogen-bond acceptors (Lipinski definition) is 4. The molecule has 0 radical (unpaired) electrons. The molecule has 0 spiro atoms. The minimum Gasteiger partial charge on any atom is -0.500 e. The van der Waals surface area contributed by atoms with Gasteiger partial charge in [0, 0.05) is 7.05 Å². The summed E-state index contributed by atoms with van der Waals surface area (Å²) in [4.78, 5) is 34.2. The van der Waals surface area contributed by atoms with Crippen molar-refractivity contribution in [2.45, 2.75) is 6.92 Å². The van der Waals surface area contributed by atoms with Crippen LogP contribution in [0.25, 0.3) is 0 Å². The van der Waals surface area contributed by atoms with Gasteiger partial charge in [-0.2, -0.15) is 0 Å². The molecule has 0 saturated carbocycles. The fraction of sp³-hybridized carbons (Fsp3) is 0.375. The quantitative estimate of drug-likeness (QED) is 0.372. The van der Waals surface area contributed by atoms with Gasteiger partial charge in [0.25, 0.3) is 11.8 Å². The largest absolute Gasteiger partial charge is 0.500 e. The molecule has 6 heteroatoms. The standard InChI is InChI=1S/C8H10N2O4/c1-3-14-4-5-6(11)9-8(13)10(2)7(5)12/h4H,3H2,1-2H3,(H,9,11,13)/b5-4-. The van der Waals surface area contributed by atoms with E-state index in [2.05, 4.69) is 0 Å². The lowest BCUT2D eigenvalue weighted by Crippen LogP contribution is -2.52. The van der Waals surface area contributed by atoms with Crippen LogP contribution in [0.4, 0.5) is 4.79 Å². The Morgan fingerprint density at radius 2 is 2.07 bits per heavy atom. The highest BCUT2D eigenvalue weighted by Gasteiger charge is 2.33. The van der Waals surface area contributed by atoms with Gasteiger partial charge >= 0.3 is 6.03 Å². The first-order valence-electron chi connectivity index (χ1n) is 4.03. The number of ether oxygens (including phenoxy) is 1. The maximum atomic E-state index is 11.3. The number of likely N-dealkylation sites (N-methyl/N-ethyl adjacent to an activating group) is 1. The van der Waals surface area contributed by atoms with Crippen molar-refractivity contribution in [1.82, 2.24) is 10.2 Å². The number of amides is 4. The predicted octanol–water partition coefficient (Wildman–Crippen LogP) is -0.385. The molecule has 1 heterocycles. The molecule has 0 unspecified atom stereocenters. The molecule has 0 atom stereocenters. The Labute approximate surface area is 80.5 Å². The van der Waals surface area contributed by atoms with Crippen LogP contribution in [0.2, 0.25) is 0 Å². The molecule has 1 aliphatic rings. The number of barbiturate groups is 1. The average molecular weight is 198 g/mol. The van der Waals surface area contributed by atoms with Gasteiger partial charge in [-0.25, -0.2) is 4.79 Å². The first kappa shape index (κ1) is 10.2. The fourth-order valence-corrected chi connectivity index (χ4v) is 0.889. The van der Waals surface area contributed by atoms with Crippen molar-refractivity contribution in [2.24, 2.45) is 0 Å². The monoisotopic (exact) mass is 198 g/mol. The second kappa shape index (κ2) is 3.91. The minimum atomic E-state index is -0.730. The topological polar surface area (TPSA) is 75.7 Å². The summed E-state index contributed by atoms with van der Waals surface area (Å²) in [6.07, 6.45) is 1.06. The van der Waals surface area contributed by atoms with E-state index in [1.807, 2.05) is 5.32 Å². The molecule has 6 nitrogen and oxygen atoms in total. The molecular formula is C8H10N2O4. The highest BCUT2D eigenvalue weighted by molar-refractivity contribution is 6.28. The van der Waals surface area contributed by atoms with Crippen molar-refractivity contribution < 1.29 is 19.1 Å². The zero-order valence-electron chi connectivity index (χ0n) is 7.86. The van der Waals surface area contributed by atoms with E-state index in [1.165, 1.54) is 7.05 Å². The van der Waals surface area contributed by atoms with Crippen LogP contribution in [0.3, 0.4) is 0 Å². The summed E-state index contributed by atoms with van der Waals surface area (Å²) in [5, 5.41) is 2.00. The SMILES string of the molecule is CCO/C=C1/C(=O)NC(=O)N(C)C1=O. The summed E-state index contributed by atoms with van der Waals surface area (Å²) in [6, 6.07) is -0.728. The van der Waals surface area contributed by atoms with Crippen LogP contribution in [0, 0.1) is 0 Å². The van der Waals surface area contributed by atoms with Crippen molar-refractivity contribution >= 4 is 17.8 Å². The Morgan fingerprint density at radius 3 is 2.64 bits per heavy atom. The number of carbonyl (C=O) groups is 3. The Morgan fingerprint density at radius 1 is 1.43 bits per heavy atom. The van der Waals surface area contributed by atoms with E-state index in [-0.39, 0.29) is 5.57 Å². The first-order chi connectivity index (χ1) is 6.57. The summed E-state index contributed by atoms with van der Waals surface area (Å²) < 4.78 is 4.82. The van der Waals surface area contributed by atoms with Gasteiger partial charge in [-0.15, -0.1) is 0 Å². The van der Waals surface area contributed by atoms with Gasteiger partial charge in [-0.3, -0.25) is 19.8 Å². The normalized spacial score (nSPS) is 20.0. The van der Waals surface area contributed by atoms with Gasteiger partial charge < -0.3 is 4.74 Å². The second-order valence-electron chi connectivity index (χ2n) is 2.61. The molecule has 0 aromatic rings. The van der Waals surface area contributed by atoms with E-state index >= 15 is 0 Å². The molecule has 14 heavy (non-hydrogen) atoms. The number of nitrogens with one attached hydrogen (secondary N) is 1. The van der Waals surface area contributed by atoms with E-state index in [0.717, 1.165) is 11.2 Å². The number of imide groups is 2. The Kier molecular flexibility index (Phi) is 2.85. The number of urea groups is 1. The summed E-state index contributed by atoms with van der Waals surface area (Å²) in [6.45, 7) is 2.07. The third-order valence-electron chi connectivity index (χ3n) is 1.67. The Balaban J connectivity index is 2.90. The van der Waals surface area contributed by atoms with Gasteiger partial charge in [0.05, 0.1) is 6.61 Å². The average Bonchev–Trinajstić information content (AvgIpc) is 2.14. The van der Waals surface area contributed by atoms with Crippen molar-refractivity contribution in [3.05, 3.63) is 11.8 Å². The molecular weight excluding hydrogens is 188 g/mol. The van der Waals surface area contributed by atoms with Gasteiger partial charge in [0.1, 0.15) is 11.8 Å². The third-order valence-corrected chi connectivity index (χ3v) is 1.67. The highest BCUT2D eigenvalue weighted by Crippen LogP contribution is 2.07. The van der Waals surface area contributed by atoms with E-state index in [0.29, 0.717) is 6.61 Å². The number of nitrogens with zero attached hydrogens (tertiary/aromatic N) is 1. The molecule has 0 aromatic heterocycles. The van der Waals surface area contributed by atoms with Crippen LogP contribution in [0.5, 0.6) is 0 Å². The molecule has 76 valence electrons. The van der Waals surface area contributed by atoms with Crippen molar-refractivity contribution in [3.8, 4) is 0 Å². The molecule has 0 aliphatic carbocycles. The summed E-state index contributed by atoms with van der Waals surface area (Å²) in [5.74, 6) is -1.39. The van der Waals surface area contributed by atoms with E-state index < -0.39 is 17.8 Å². The van der Waals surface area contributed by atoms with Crippen LogP contribution in [-0.4, -0.2) is 36.4 Å². The molecule has 1 rings (SSSR count). The maximum absolute atomic E-state index is 11.3. The van der Waals surface area contributed by atoms with Gasteiger partial charge in [-0.1, -0.05) is 0 Å². The molecule has 1 fully saturated rings. The van der Waals surface area contributed by atoms with Crippen molar-refractivity contribution in [3.63, 3.8) is 0 Å². The zero-order valence-corrected chi connectivity index (χ0v) is 7.86. The van der Waals surface area contributed by atoms with Gasteiger partial charge in [0.2, 0.25) is 0 Å². The van der Waals surface area contributed by atoms with Crippen LogP contribution in [-0.2, 0) is 14.3 Å². The number of carbonyl (C=O) groups excluding carboxylic acids is 3. The lowest BCUT2D eigenvalue weighted by Gasteiger charge is -2.21. The number of rotatable bonds is 2. The molecule has 4 amide bonds. The zero-order chi connectivity index (χ0) is 10.7. The molecule has 0 aromatic carbocycles. The lowest BCUT2D eigenvalue weighted by molar-refractivity contribution is -0.129. The maximum Gasteiger partial charge on any atom is 0.331 e. The summed E-state index contributed by atoms with van der Waals surface area (Å²) in [7, 11) is 1.28. The van der Waals surface area contributed by atoms with Gasteiger partial charge in [-0.05, 0) is 6.92 Å². The van der Waals surface area contributed by atoms with Crippen molar-refractivity contribution in [1.29, 1.82) is 0 Å². The van der Waals surface area contributed by atoms with Crippen LogP contribution in [0.1, 0.15) is 6.92 Å². The number of hydrogen-bond donors (Lipinski definition) is 1. The smallest absolute Gasteiger partial charge is 0.331 e. The fourth-order valence-electron chi connectivity index (χ4n) is 0.889. The molecule has 1 aliphatic heterocycles. The Bertz CT molecular complexity index is 321. The van der Waals surface area contributed by atoms with Crippen LogP contribution in [0.15, 0.2) is 11.8 Å². The van der Waals surface area contributed by atoms with E-state index in [4.69, 9.17) is 4.74 Å². The minimum absolute atomic E-state index is 0.172. The predicted molar refractivity (Wildman–Crippen MR) is 46.0 cm³/mol. The van der Waals surface area contributed by atoms with Gasteiger partial charge in [0.15, 0.2) is 0 Å². The molecule has 0 bridgehead atoms. The van der Waals surface area contributed by atoms with Crippen molar-refractivity contribution in [2.75, 3.05) is 13.7 Å². The third kappa shape index (κ3) is 1.73. The second-order valence-corrected chi connectivity index (χ2v) is 2.61.